The number of quaternary nitrogens is 1. The fraction of sp³-hybridized carbons (Fsp3) is 0.429. The van der Waals surface area contributed by atoms with E-state index in [1.165, 1.54) is 11.1 Å². The maximum absolute atomic E-state index is 5.63. The Morgan fingerprint density at radius 1 is 1.21 bits per heavy atom. The van der Waals surface area contributed by atoms with Gasteiger partial charge in [-0.1, -0.05) is 55.4 Å². The van der Waals surface area contributed by atoms with E-state index in [9.17, 15) is 0 Å². The van der Waals surface area contributed by atoms with Crippen LogP contribution >= 0.6 is 11.8 Å². The summed E-state index contributed by atoms with van der Waals surface area (Å²) in [7, 11) is 0. The van der Waals surface area contributed by atoms with E-state index in [-0.39, 0.29) is 6.04 Å². The van der Waals surface area contributed by atoms with E-state index in [0.717, 1.165) is 5.75 Å². The van der Waals surface area contributed by atoms with E-state index in [1.54, 1.807) is 11.8 Å². The zero-order chi connectivity index (χ0) is 13.8. The van der Waals surface area contributed by atoms with Gasteiger partial charge in [0, 0.05) is 11.7 Å². The first-order chi connectivity index (χ1) is 9.06. The van der Waals surface area contributed by atoms with Gasteiger partial charge in [0.1, 0.15) is 0 Å². The van der Waals surface area contributed by atoms with Gasteiger partial charge in [-0.25, -0.2) is 0 Å². The van der Waals surface area contributed by atoms with Gasteiger partial charge in [-0.15, -0.1) is 10.2 Å². The number of nitrogens with zero attached hydrogens (tertiary/aromatic N) is 2. The van der Waals surface area contributed by atoms with Crippen molar-refractivity contribution in [1.29, 1.82) is 0 Å². The third-order valence-electron chi connectivity index (χ3n) is 3.03. The van der Waals surface area contributed by atoms with E-state index in [0.29, 0.717) is 17.0 Å². The van der Waals surface area contributed by atoms with Crippen LogP contribution in [0.3, 0.4) is 0 Å². The lowest BCUT2D eigenvalue weighted by molar-refractivity contribution is -0.443. The predicted octanol–water partition coefficient (Wildman–Crippen LogP) is 2.61. The Balaban J connectivity index is 1.95. The smallest absolute Gasteiger partial charge is 0.277 e. The molecule has 1 atom stereocenters. The van der Waals surface area contributed by atoms with Gasteiger partial charge in [-0.05, 0) is 12.5 Å². The fourth-order valence-electron chi connectivity index (χ4n) is 1.54. The summed E-state index contributed by atoms with van der Waals surface area (Å²) in [6.07, 6.45) is 0. The first kappa shape index (κ1) is 14.1. The van der Waals surface area contributed by atoms with Crippen molar-refractivity contribution in [3.8, 4) is 0 Å². The maximum atomic E-state index is 5.63. The molecule has 0 aliphatic rings. The molecule has 2 rings (SSSR count). The van der Waals surface area contributed by atoms with E-state index < -0.39 is 0 Å². The lowest BCUT2D eigenvalue weighted by atomic mass is 10.1. The largest absolute Gasteiger partial charge is 0.410 e. The van der Waals surface area contributed by atoms with Crippen LogP contribution in [-0.2, 0) is 5.75 Å². The maximum Gasteiger partial charge on any atom is 0.277 e. The summed E-state index contributed by atoms with van der Waals surface area (Å²) >= 11 is 1.56. The number of aromatic nitrogens is 2. The molecule has 4 nitrogen and oxygen atoms in total. The number of hydrogen-bond donors (Lipinski definition) is 1. The van der Waals surface area contributed by atoms with Crippen LogP contribution in [0.15, 0.2) is 33.9 Å². The first-order valence-corrected chi connectivity index (χ1v) is 7.39. The summed E-state index contributed by atoms with van der Waals surface area (Å²) in [5.74, 6) is 1.86. The molecule has 0 radical (unpaired) electrons. The Bertz CT molecular complexity index is 522. The summed E-state index contributed by atoms with van der Waals surface area (Å²) in [6.45, 7) is 6.28. The van der Waals surface area contributed by atoms with Gasteiger partial charge >= 0.3 is 0 Å². The molecule has 0 saturated carbocycles. The van der Waals surface area contributed by atoms with Crippen LogP contribution < -0.4 is 5.73 Å². The highest BCUT2D eigenvalue weighted by molar-refractivity contribution is 7.98. The molecular formula is C14H20N3OS+. The average molecular weight is 278 g/mol. The summed E-state index contributed by atoms with van der Waals surface area (Å²) in [5, 5.41) is 8.74. The zero-order valence-electron chi connectivity index (χ0n) is 11.6. The van der Waals surface area contributed by atoms with Crippen LogP contribution in [0.1, 0.15) is 36.9 Å². The molecule has 0 saturated heterocycles. The lowest BCUT2D eigenvalue weighted by Gasteiger charge is -2.05. The molecule has 5 heteroatoms. The molecule has 3 N–H and O–H groups in total. The normalized spacial score (nSPS) is 12.9. The van der Waals surface area contributed by atoms with Crippen LogP contribution in [0.4, 0.5) is 0 Å². The Kier molecular flexibility index (Phi) is 4.61. The van der Waals surface area contributed by atoms with Crippen molar-refractivity contribution in [3.63, 3.8) is 0 Å². The molecule has 0 aliphatic carbocycles. The number of rotatable bonds is 5. The van der Waals surface area contributed by atoms with Gasteiger partial charge in [-0.2, -0.15) is 0 Å². The first-order valence-electron chi connectivity index (χ1n) is 6.41. The average Bonchev–Trinajstić information content (AvgIpc) is 2.86. The minimum atomic E-state index is 0.0567. The van der Waals surface area contributed by atoms with Crippen LogP contribution in [0, 0.1) is 12.8 Å². The van der Waals surface area contributed by atoms with Crippen molar-refractivity contribution < 1.29 is 10.2 Å². The number of hydrogen-bond acceptors (Lipinski definition) is 4. The highest BCUT2D eigenvalue weighted by atomic mass is 32.2. The number of benzene rings is 1. The van der Waals surface area contributed by atoms with Crippen molar-refractivity contribution in [2.24, 2.45) is 5.92 Å². The minimum absolute atomic E-state index is 0.0567. The molecule has 0 unspecified atom stereocenters. The number of aryl methyl sites for hydroxylation is 1. The van der Waals surface area contributed by atoms with Crippen molar-refractivity contribution in [2.75, 3.05) is 0 Å². The van der Waals surface area contributed by atoms with Crippen LogP contribution in [0.2, 0.25) is 0 Å². The van der Waals surface area contributed by atoms with Gasteiger partial charge in [0.25, 0.3) is 11.1 Å². The molecule has 19 heavy (non-hydrogen) atoms. The minimum Gasteiger partial charge on any atom is -0.410 e. The highest BCUT2D eigenvalue weighted by Crippen LogP contribution is 2.24. The molecule has 1 aromatic carbocycles. The molecule has 0 bridgehead atoms. The van der Waals surface area contributed by atoms with Crippen LogP contribution in [0.5, 0.6) is 0 Å². The van der Waals surface area contributed by atoms with Crippen molar-refractivity contribution in [2.45, 2.75) is 37.8 Å². The number of thioether (sulfide) groups is 1. The van der Waals surface area contributed by atoms with Crippen LogP contribution in [-0.4, -0.2) is 10.2 Å². The topological polar surface area (TPSA) is 66.6 Å². The molecule has 0 fully saturated rings. The van der Waals surface area contributed by atoms with E-state index in [2.05, 4.69) is 61.0 Å². The zero-order valence-corrected chi connectivity index (χ0v) is 12.4. The Labute approximate surface area is 117 Å². The standard InChI is InChI=1S/C14H19N3OS/c1-9(2)12(15)13-16-17-14(18-13)19-8-11-6-4-10(3)5-7-11/h4-7,9,12H,8,15H2,1-3H3/p+1/t12-/m0/s1. The van der Waals surface area contributed by atoms with Gasteiger partial charge in [0.2, 0.25) is 0 Å². The third-order valence-corrected chi connectivity index (χ3v) is 3.92. The van der Waals surface area contributed by atoms with Gasteiger partial charge < -0.3 is 10.2 Å². The van der Waals surface area contributed by atoms with E-state index >= 15 is 0 Å². The monoisotopic (exact) mass is 278 g/mol. The third kappa shape index (κ3) is 3.81. The second-order valence-corrected chi connectivity index (χ2v) is 5.96. The SMILES string of the molecule is Cc1ccc(CSc2nnc([C@@H]([NH3+])C(C)C)o2)cc1. The molecule has 0 amide bonds. The molecule has 2 aromatic rings. The van der Waals surface area contributed by atoms with Gasteiger partial charge in [0.15, 0.2) is 6.04 Å². The predicted molar refractivity (Wildman–Crippen MR) is 75.5 cm³/mol. The second-order valence-electron chi connectivity index (χ2n) is 5.03. The quantitative estimate of drug-likeness (QED) is 0.854. The van der Waals surface area contributed by atoms with E-state index in [4.69, 9.17) is 4.42 Å². The Hall–Kier alpha value is -1.33. The molecule has 1 aromatic heterocycles. The lowest BCUT2D eigenvalue weighted by Crippen LogP contribution is -2.56. The molecule has 0 aliphatic heterocycles. The van der Waals surface area contributed by atoms with Crippen molar-refractivity contribution >= 4 is 11.8 Å². The summed E-state index contributed by atoms with van der Waals surface area (Å²) < 4.78 is 5.63. The summed E-state index contributed by atoms with van der Waals surface area (Å²) in [5.41, 5.74) is 6.57. The summed E-state index contributed by atoms with van der Waals surface area (Å²) in [4.78, 5) is 0. The Morgan fingerprint density at radius 2 is 1.89 bits per heavy atom. The molecule has 1 heterocycles. The highest BCUT2D eigenvalue weighted by Gasteiger charge is 2.21. The summed E-state index contributed by atoms with van der Waals surface area (Å²) in [6, 6.07) is 8.52. The second kappa shape index (κ2) is 6.21. The van der Waals surface area contributed by atoms with Gasteiger partial charge in [0.05, 0.1) is 0 Å². The van der Waals surface area contributed by atoms with Crippen molar-refractivity contribution in [1.82, 2.24) is 10.2 Å². The van der Waals surface area contributed by atoms with Crippen LogP contribution in [0.25, 0.3) is 0 Å². The molecular weight excluding hydrogens is 258 g/mol. The Morgan fingerprint density at radius 3 is 2.53 bits per heavy atom. The van der Waals surface area contributed by atoms with Crippen molar-refractivity contribution in [3.05, 3.63) is 41.3 Å². The van der Waals surface area contributed by atoms with E-state index in [1.807, 2.05) is 0 Å². The molecule has 0 spiro atoms. The fourth-order valence-corrected chi connectivity index (χ4v) is 2.27. The van der Waals surface area contributed by atoms with Gasteiger partial charge in [-0.3, -0.25) is 0 Å². The molecule has 102 valence electrons.